The molecule has 0 radical (unpaired) electrons. The van der Waals surface area contributed by atoms with Crippen molar-refractivity contribution in [1.82, 2.24) is 15.0 Å². The van der Waals surface area contributed by atoms with Gasteiger partial charge in [0.2, 0.25) is 0 Å². The Morgan fingerprint density at radius 1 is 0.327 bits per heavy atom. The molecule has 2 aliphatic heterocycles. The van der Waals surface area contributed by atoms with Crippen LogP contribution in [0, 0.1) is 0 Å². The third-order valence-corrected chi connectivity index (χ3v) is 18.6. The molecule has 0 saturated carbocycles. The van der Waals surface area contributed by atoms with Gasteiger partial charge < -0.3 is 0 Å². The molecule has 0 bridgehead atoms. The molecule has 3 heterocycles. The van der Waals surface area contributed by atoms with Crippen LogP contribution in [0.5, 0.6) is 0 Å². The van der Waals surface area contributed by atoms with E-state index in [1.165, 1.54) is 64.9 Å². The maximum atomic E-state index is 5.32. The predicted octanol–water partition coefficient (Wildman–Crippen LogP) is 9.30. The molecule has 5 heteroatoms. The summed E-state index contributed by atoms with van der Waals surface area (Å²) in [5, 5.41) is 8.34. The molecule has 0 atom stereocenters. The number of hydrogen-bond acceptors (Lipinski definition) is 3. The van der Waals surface area contributed by atoms with Crippen molar-refractivity contribution in [3.8, 4) is 67.5 Å². The lowest BCUT2D eigenvalue weighted by molar-refractivity contribution is 1.08. The molecule has 0 amide bonds. The highest BCUT2D eigenvalue weighted by Gasteiger charge is 2.39. The highest BCUT2D eigenvalue weighted by Crippen LogP contribution is 2.37. The van der Waals surface area contributed by atoms with E-state index in [2.05, 4.69) is 178 Å². The standard InChI is InChI=1S/C47H37N3Si2/c1-51(2)41-18-10-8-15-38(41)44-39(16-11-19-42(44)51)47-49-45(32-23-20-31(21-24-32)34-25-22-30-12-5-6-13-33(30)28-34)48-46(50-47)35-26-27-37-36-14-7-9-17-40(36)52(3,4)43(37)29-35/h5-29H,1-4H3. The van der Waals surface area contributed by atoms with Crippen LogP contribution in [-0.4, -0.2) is 31.1 Å². The van der Waals surface area contributed by atoms with Crippen molar-refractivity contribution in [3.63, 3.8) is 0 Å². The number of rotatable bonds is 4. The number of nitrogens with zero attached hydrogens (tertiary/aromatic N) is 3. The quantitative estimate of drug-likeness (QED) is 0.172. The average Bonchev–Trinajstić information content (AvgIpc) is 3.57. The van der Waals surface area contributed by atoms with Gasteiger partial charge in [0.1, 0.15) is 16.1 Å². The van der Waals surface area contributed by atoms with E-state index in [9.17, 15) is 0 Å². The van der Waals surface area contributed by atoms with Crippen molar-refractivity contribution in [1.29, 1.82) is 0 Å². The molecule has 2 aliphatic rings. The third kappa shape index (κ3) is 4.66. The third-order valence-electron chi connectivity index (χ3n) is 11.6. The molecule has 0 N–H and O–H groups in total. The van der Waals surface area contributed by atoms with Crippen LogP contribution in [-0.2, 0) is 0 Å². The van der Waals surface area contributed by atoms with Crippen LogP contribution < -0.4 is 20.7 Å². The summed E-state index contributed by atoms with van der Waals surface area (Å²) in [7, 11) is -3.78. The largest absolute Gasteiger partial charge is 0.208 e. The Labute approximate surface area is 306 Å². The summed E-state index contributed by atoms with van der Waals surface area (Å²) in [6, 6.07) is 55.3. The summed E-state index contributed by atoms with van der Waals surface area (Å²) >= 11 is 0. The Morgan fingerprint density at radius 3 is 1.63 bits per heavy atom. The lowest BCUT2D eigenvalue weighted by Gasteiger charge is -2.19. The summed E-state index contributed by atoms with van der Waals surface area (Å²) < 4.78 is 0. The lowest BCUT2D eigenvalue weighted by Crippen LogP contribution is -2.49. The lowest BCUT2D eigenvalue weighted by atomic mass is 9.99. The predicted molar refractivity (Wildman–Crippen MR) is 223 cm³/mol. The van der Waals surface area contributed by atoms with Crippen LogP contribution in [0.2, 0.25) is 26.2 Å². The first-order chi connectivity index (χ1) is 25.3. The van der Waals surface area contributed by atoms with Crippen LogP contribution in [0.3, 0.4) is 0 Å². The highest BCUT2D eigenvalue weighted by molar-refractivity contribution is 7.04. The molecule has 3 nitrogen and oxygen atoms in total. The van der Waals surface area contributed by atoms with Gasteiger partial charge in [-0.25, -0.2) is 15.0 Å². The van der Waals surface area contributed by atoms with Gasteiger partial charge in [0.25, 0.3) is 0 Å². The van der Waals surface area contributed by atoms with Crippen molar-refractivity contribution >= 4 is 47.7 Å². The van der Waals surface area contributed by atoms with Crippen molar-refractivity contribution < 1.29 is 0 Å². The molecule has 8 aromatic rings. The van der Waals surface area contributed by atoms with E-state index in [1.54, 1.807) is 0 Å². The smallest absolute Gasteiger partial charge is 0.164 e. The number of aromatic nitrogens is 3. The van der Waals surface area contributed by atoms with Gasteiger partial charge in [0, 0.05) is 16.7 Å². The van der Waals surface area contributed by atoms with Gasteiger partial charge in [-0.2, -0.15) is 0 Å². The van der Waals surface area contributed by atoms with Gasteiger partial charge in [-0.3, -0.25) is 0 Å². The molecule has 248 valence electrons. The Bertz CT molecular complexity index is 2750. The van der Waals surface area contributed by atoms with Crippen molar-refractivity contribution in [2.24, 2.45) is 0 Å². The molecule has 1 aromatic heterocycles. The van der Waals surface area contributed by atoms with E-state index in [0.29, 0.717) is 11.6 Å². The minimum absolute atomic E-state index is 0.686. The zero-order chi connectivity index (χ0) is 35.2. The maximum absolute atomic E-state index is 5.32. The Morgan fingerprint density at radius 2 is 0.846 bits per heavy atom. The molecule has 0 unspecified atom stereocenters. The van der Waals surface area contributed by atoms with E-state index < -0.39 is 16.1 Å². The summed E-state index contributed by atoms with van der Waals surface area (Å²) in [5.74, 6) is 2.12. The number of fused-ring (bicyclic) bond motifs is 7. The summed E-state index contributed by atoms with van der Waals surface area (Å²) in [4.78, 5) is 15.8. The first-order valence-corrected chi connectivity index (χ1v) is 24.1. The van der Waals surface area contributed by atoms with Crippen molar-refractivity contribution in [3.05, 3.63) is 152 Å². The van der Waals surface area contributed by atoms with Crippen LogP contribution in [0.1, 0.15) is 0 Å². The zero-order valence-corrected chi connectivity index (χ0v) is 31.8. The fourth-order valence-corrected chi connectivity index (χ4v) is 14.9. The average molecular weight is 700 g/mol. The highest BCUT2D eigenvalue weighted by atomic mass is 28.3. The first-order valence-electron chi connectivity index (χ1n) is 18.1. The van der Waals surface area contributed by atoms with Crippen molar-refractivity contribution in [2.45, 2.75) is 26.2 Å². The summed E-state index contributed by atoms with van der Waals surface area (Å²) in [5.41, 5.74) is 10.8. The van der Waals surface area contributed by atoms with E-state index >= 15 is 0 Å². The monoisotopic (exact) mass is 699 g/mol. The molecule has 52 heavy (non-hydrogen) atoms. The molecule has 7 aromatic carbocycles. The van der Waals surface area contributed by atoms with E-state index in [0.717, 1.165) is 22.5 Å². The minimum atomic E-state index is -1.89. The zero-order valence-electron chi connectivity index (χ0n) is 29.8. The van der Waals surface area contributed by atoms with Crippen LogP contribution in [0.4, 0.5) is 0 Å². The minimum Gasteiger partial charge on any atom is -0.208 e. The van der Waals surface area contributed by atoms with Crippen LogP contribution in [0.25, 0.3) is 78.3 Å². The van der Waals surface area contributed by atoms with Gasteiger partial charge >= 0.3 is 0 Å². The molecular formula is C47H37N3Si2. The number of benzene rings is 7. The SMILES string of the molecule is C[Si]1(C)c2ccccc2-c2ccc(-c3nc(-c4ccc(-c5ccc6ccccc6c5)cc4)nc(-c4cccc5c4-c4ccccc4[Si]5(C)C)n3)cc21. The molecule has 0 spiro atoms. The summed E-state index contributed by atoms with van der Waals surface area (Å²) in [6.45, 7) is 9.83. The fourth-order valence-electron chi connectivity index (χ4n) is 8.72. The topological polar surface area (TPSA) is 38.7 Å². The maximum Gasteiger partial charge on any atom is 0.164 e. The van der Waals surface area contributed by atoms with Crippen LogP contribution in [0.15, 0.2) is 152 Å². The van der Waals surface area contributed by atoms with E-state index in [1.807, 2.05) is 0 Å². The fraction of sp³-hybridized carbons (Fsp3) is 0.0851. The molecular weight excluding hydrogens is 663 g/mol. The van der Waals surface area contributed by atoms with Gasteiger partial charge in [0.15, 0.2) is 17.5 Å². The van der Waals surface area contributed by atoms with Gasteiger partial charge in [-0.15, -0.1) is 0 Å². The van der Waals surface area contributed by atoms with Crippen LogP contribution >= 0.6 is 0 Å². The van der Waals surface area contributed by atoms with Gasteiger partial charge in [-0.05, 0) is 71.0 Å². The molecule has 0 fully saturated rings. The van der Waals surface area contributed by atoms with E-state index in [4.69, 9.17) is 15.0 Å². The number of hydrogen-bond donors (Lipinski definition) is 0. The normalized spacial score (nSPS) is 14.5. The van der Waals surface area contributed by atoms with Gasteiger partial charge in [-0.1, -0.05) is 172 Å². The second kappa shape index (κ2) is 11.4. The second-order valence-corrected chi connectivity index (χ2v) is 23.9. The van der Waals surface area contributed by atoms with E-state index in [-0.39, 0.29) is 0 Å². The molecule has 0 aliphatic carbocycles. The van der Waals surface area contributed by atoms with Crippen molar-refractivity contribution in [2.75, 3.05) is 0 Å². The first kappa shape index (κ1) is 31.0. The molecule has 10 rings (SSSR count). The second-order valence-electron chi connectivity index (χ2n) is 15.3. The Balaban J connectivity index is 1.14. The Hall–Kier alpha value is -5.76. The Kier molecular flexibility index (Phi) is 6.78. The van der Waals surface area contributed by atoms with Gasteiger partial charge in [0.05, 0.1) is 0 Å². The molecule has 0 saturated heterocycles. The summed E-state index contributed by atoms with van der Waals surface area (Å²) in [6.07, 6.45) is 0.